The number of aromatic nitrogens is 1. The summed E-state index contributed by atoms with van der Waals surface area (Å²) in [6.45, 7) is 0.156. The molecule has 22 heavy (non-hydrogen) atoms. The van der Waals surface area contributed by atoms with Crippen LogP contribution in [0.25, 0.3) is 10.2 Å². The summed E-state index contributed by atoms with van der Waals surface area (Å²) in [5.41, 5.74) is 1.40. The van der Waals surface area contributed by atoms with Crippen LogP contribution in [-0.4, -0.2) is 13.4 Å². The number of nitrogens with zero attached hydrogens (tertiary/aromatic N) is 1. The van der Waals surface area contributed by atoms with Crippen LogP contribution in [0.2, 0.25) is 0 Å². The molecule has 4 nitrogen and oxygen atoms in total. The first-order chi connectivity index (χ1) is 10.5. The van der Waals surface area contributed by atoms with Gasteiger partial charge in [-0.25, -0.2) is 22.5 Å². The van der Waals surface area contributed by atoms with Crippen molar-refractivity contribution in [3.05, 3.63) is 64.9 Å². The minimum atomic E-state index is -3.49. The van der Waals surface area contributed by atoms with Crippen molar-refractivity contribution in [1.82, 2.24) is 9.71 Å². The molecular formula is C15H13FN2O2S2. The van der Waals surface area contributed by atoms with Gasteiger partial charge in [0.05, 0.1) is 22.5 Å². The molecule has 0 atom stereocenters. The van der Waals surface area contributed by atoms with Gasteiger partial charge >= 0.3 is 0 Å². The van der Waals surface area contributed by atoms with Crippen molar-refractivity contribution < 1.29 is 12.8 Å². The number of hydrogen-bond acceptors (Lipinski definition) is 4. The van der Waals surface area contributed by atoms with Gasteiger partial charge in [0.25, 0.3) is 0 Å². The van der Waals surface area contributed by atoms with E-state index < -0.39 is 10.0 Å². The topological polar surface area (TPSA) is 59.1 Å². The Kier molecular flexibility index (Phi) is 4.19. The van der Waals surface area contributed by atoms with E-state index in [4.69, 9.17) is 0 Å². The third kappa shape index (κ3) is 3.68. The lowest BCUT2D eigenvalue weighted by atomic mass is 10.2. The molecule has 1 heterocycles. The van der Waals surface area contributed by atoms with E-state index in [-0.39, 0.29) is 18.1 Å². The molecule has 3 aromatic rings. The maximum atomic E-state index is 12.8. The smallest absolute Gasteiger partial charge is 0.216 e. The molecule has 0 aliphatic rings. The average molecular weight is 336 g/mol. The summed E-state index contributed by atoms with van der Waals surface area (Å²) in [7, 11) is -3.49. The van der Waals surface area contributed by atoms with Crippen LogP contribution in [0.1, 0.15) is 10.6 Å². The average Bonchev–Trinajstić information content (AvgIpc) is 2.90. The lowest BCUT2D eigenvalue weighted by Crippen LogP contribution is -2.24. The van der Waals surface area contributed by atoms with E-state index in [1.807, 2.05) is 24.3 Å². The predicted octanol–water partition coefficient (Wildman–Crippen LogP) is 3.06. The first-order valence-electron chi connectivity index (χ1n) is 6.58. The van der Waals surface area contributed by atoms with Crippen molar-refractivity contribution in [3.8, 4) is 0 Å². The van der Waals surface area contributed by atoms with Gasteiger partial charge in [0.1, 0.15) is 10.8 Å². The number of thiazole rings is 1. The molecule has 114 valence electrons. The second kappa shape index (κ2) is 6.12. The molecule has 0 unspecified atom stereocenters. The number of rotatable bonds is 5. The van der Waals surface area contributed by atoms with Gasteiger partial charge in [-0.1, -0.05) is 24.3 Å². The van der Waals surface area contributed by atoms with Gasteiger partial charge in [-0.2, -0.15) is 0 Å². The van der Waals surface area contributed by atoms with Gasteiger partial charge in [0.15, 0.2) is 0 Å². The first-order valence-corrected chi connectivity index (χ1v) is 9.05. The number of benzene rings is 2. The fourth-order valence-corrected chi connectivity index (χ4v) is 4.11. The third-order valence-corrected chi connectivity index (χ3v) is 5.39. The van der Waals surface area contributed by atoms with Gasteiger partial charge in [-0.3, -0.25) is 0 Å². The van der Waals surface area contributed by atoms with Crippen molar-refractivity contribution in [3.63, 3.8) is 0 Å². The quantitative estimate of drug-likeness (QED) is 0.779. The molecule has 0 amide bonds. The number of hydrogen-bond donors (Lipinski definition) is 1. The minimum absolute atomic E-state index is 0.156. The maximum absolute atomic E-state index is 12.8. The first kappa shape index (κ1) is 15.1. The van der Waals surface area contributed by atoms with E-state index in [9.17, 15) is 12.8 Å². The van der Waals surface area contributed by atoms with Crippen LogP contribution in [0, 0.1) is 5.82 Å². The number of nitrogens with one attached hydrogen (secondary N) is 1. The highest BCUT2D eigenvalue weighted by Gasteiger charge is 2.13. The van der Waals surface area contributed by atoms with E-state index in [0.29, 0.717) is 10.6 Å². The third-order valence-electron chi connectivity index (χ3n) is 3.05. The molecule has 7 heteroatoms. The van der Waals surface area contributed by atoms with E-state index in [1.165, 1.54) is 35.6 Å². The molecule has 0 saturated carbocycles. The Morgan fingerprint density at radius 1 is 1.09 bits per heavy atom. The van der Waals surface area contributed by atoms with E-state index in [0.717, 1.165) is 10.2 Å². The molecule has 0 aliphatic heterocycles. The molecule has 0 spiro atoms. The molecule has 1 N–H and O–H groups in total. The Morgan fingerprint density at radius 2 is 1.82 bits per heavy atom. The zero-order valence-electron chi connectivity index (χ0n) is 11.5. The second-order valence-electron chi connectivity index (χ2n) is 4.78. The summed E-state index contributed by atoms with van der Waals surface area (Å²) in [4.78, 5) is 4.38. The van der Waals surface area contributed by atoms with E-state index >= 15 is 0 Å². The summed E-state index contributed by atoms with van der Waals surface area (Å²) >= 11 is 1.46. The van der Waals surface area contributed by atoms with Crippen LogP contribution >= 0.6 is 11.3 Å². The maximum Gasteiger partial charge on any atom is 0.216 e. The van der Waals surface area contributed by atoms with Crippen LogP contribution in [0.3, 0.4) is 0 Å². The van der Waals surface area contributed by atoms with E-state index in [2.05, 4.69) is 9.71 Å². The van der Waals surface area contributed by atoms with Crippen molar-refractivity contribution >= 4 is 31.6 Å². The second-order valence-corrected chi connectivity index (χ2v) is 7.70. The molecular weight excluding hydrogens is 323 g/mol. The number of fused-ring (bicyclic) bond motifs is 1. The molecule has 0 fully saturated rings. The Balaban J connectivity index is 1.67. The van der Waals surface area contributed by atoms with Crippen LogP contribution < -0.4 is 4.72 Å². The Hall–Kier alpha value is -1.83. The number of sulfonamides is 1. The van der Waals surface area contributed by atoms with Crippen LogP contribution in [0.4, 0.5) is 4.39 Å². The van der Waals surface area contributed by atoms with E-state index in [1.54, 1.807) is 0 Å². The predicted molar refractivity (Wildman–Crippen MR) is 85.5 cm³/mol. The van der Waals surface area contributed by atoms with Crippen LogP contribution in [0.15, 0.2) is 48.5 Å². The zero-order chi connectivity index (χ0) is 15.6. The van der Waals surface area contributed by atoms with Gasteiger partial charge in [-0.05, 0) is 29.8 Å². The lowest BCUT2D eigenvalue weighted by Gasteiger charge is -2.05. The summed E-state index contributed by atoms with van der Waals surface area (Å²) in [5.74, 6) is -0.568. The molecule has 1 aromatic heterocycles. The lowest BCUT2D eigenvalue weighted by molar-refractivity contribution is 0.580. The van der Waals surface area contributed by atoms with Crippen LogP contribution in [-0.2, 0) is 22.3 Å². The SMILES string of the molecule is O=S(=O)(Cc1ccc(F)cc1)NCc1nc2ccccc2s1. The van der Waals surface area contributed by atoms with Crippen molar-refractivity contribution in [2.45, 2.75) is 12.3 Å². The van der Waals surface area contributed by atoms with Gasteiger partial charge < -0.3 is 0 Å². The number of halogens is 1. The molecule has 0 aliphatic carbocycles. The van der Waals surface area contributed by atoms with Crippen molar-refractivity contribution in [1.29, 1.82) is 0 Å². The summed E-state index contributed by atoms with van der Waals surface area (Å²) < 4.78 is 40.5. The highest BCUT2D eigenvalue weighted by molar-refractivity contribution is 7.88. The van der Waals surface area contributed by atoms with Gasteiger partial charge in [-0.15, -0.1) is 11.3 Å². The highest BCUT2D eigenvalue weighted by Crippen LogP contribution is 2.21. The normalized spacial score (nSPS) is 11.9. The minimum Gasteiger partial charge on any atom is -0.240 e. The fraction of sp³-hybridized carbons (Fsp3) is 0.133. The standard InChI is InChI=1S/C15H13FN2O2S2/c16-12-7-5-11(6-8-12)10-22(19,20)17-9-15-18-13-3-1-2-4-14(13)21-15/h1-8,17H,9-10H2. The zero-order valence-corrected chi connectivity index (χ0v) is 13.1. The molecule has 0 bridgehead atoms. The Morgan fingerprint density at radius 3 is 2.55 bits per heavy atom. The Labute approximate surface area is 131 Å². The summed E-state index contributed by atoms with van der Waals surface area (Å²) in [6, 6.07) is 13.1. The molecule has 0 radical (unpaired) electrons. The monoisotopic (exact) mass is 336 g/mol. The fourth-order valence-electron chi connectivity index (χ4n) is 2.02. The summed E-state index contributed by atoms with van der Waals surface area (Å²) in [6.07, 6.45) is 0. The highest BCUT2D eigenvalue weighted by atomic mass is 32.2. The number of para-hydroxylation sites is 1. The van der Waals surface area contributed by atoms with Crippen molar-refractivity contribution in [2.75, 3.05) is 0 Å². The van der Waals surface area contributed by atoms with Gasteiger partial charge in [0, 0.05) is 0 Å². The Bertz CT molecular complexity index is 856. The van der Waals surface area contributed by atoms with Gasteiger partial charge in [0.2, 0.25) is 10.0 Å². The molecule has 0 saturated heterocycles. The summed E-state index contributed by atoms with van der Waals surface area (Å²) in [5, 5.41) is 0.712. The van der Waals surface area contributed by atoms with Crippen LogP contribution in [0.5, 0.6) is 0 Å². The molecule has 2 aromatic carbocycles. The largest absolute Gasteiger partial charge is 0.240 e. The molecule has 3 rings (SSSR count). The van der Waals surface area contributed by atoms with Crippen molar-refractivity contribution in [2.24, 2.45) is 0 Å².